The van der Waals surface area contributed by atoms with E-state index in [0.717, 1.165) is 41.7 Å². The lowest BCUT2D eigenvalue weighted by molar-refractivity contribution is -0.319. The van der Waals surface area contributed by atoms with Gasteiger partial charge < -0.3 is 43.0 Å². The Morgan fingerprint density at radius 1 is 0.844 bits per heavy atom. The number of allylic oxidation sites excluding steroid dienone is 1. The van der Waals surface area contributed by atoms with Gasteiger partial charge in [0.05, 0.1) is 25.9 Å². The molecule has 2 amide bonds. The van der Waals surface area contributed by atoms with E-state index in [1.807, 2.05) is 87.5 Å². The van der Waals surface area contributed by atoms with Crippen molar-refractivity contribution in [1.29, 1.82) is 0 Å². The minimum atomic E-state index is -1.86. The molecule has 5 rings (SSSR count). The highest BCUT2D eigenvalue weighted by atomic mass is 16.7. The third-order valence-corrected chi connectivity index (χ3v) is 11.1. The molecule has 0 bridgehead atoms. The largest absolute Gasteiger partial charge is 0.451 e. The van der Waals surface area contributed by atoms with Crippen LogP contribution < -0.4 is 0 Å². The molecule has 8 atom stereocenters. The zero-order valence-electron chi connectivity index (χ0n) is 37.8. The number of ketones is 2. The van der Waals surface area contributed by atoms with Gasteiger partial charge in [0.2, 0.25) is 0 Å². The maximum atomic E-state index is 14.3. The van der Waals surface area contributed by atoms with E-state index < -0.39 is 84.1 Å². The van der Waals surface area contributed by atoms with Gasteiger partial charge in [0.1, 0.15) is 30.0 Å². The van der Waals surface area contributed by atoms with Crippen LogP contribution in [0.1, 0.15) is 69.7 Å². The molecule has 0 radical (unpaired) electrons. The number of methoxy groups -OCH3 is 2. The van der Waals surface area contributed by atoms with Crippen LogP contribution in [-0.2, 0) is 70.3 Å². The Balaban J connectivity index is 1.38. The molecule has 3 aromatic rings. The Morgan fingerprint density at radius 2 is 1.47 bits per heavy atom. The standard InChI is InChI=1S/C49H61NO14/c1-30(2)45-49(5,6)64-48(56)50(45)46(55)43(57-7)40(62-32(4)52)38(54)26-36(35-22-15-17-31(3)25-35)37(53)23-16-24-59-44-42(61-29-34-20-13-10-14-21-34)41(39(27-51)63-47(44)58-8)60-28-33-18-11-9-12-19-33/h9-15,17-22,25-26,30,39-45,47,51H,16,23-24,27-29H2,1-8H3/t39-,40+,41-,42+,43-,44+,45-,47+/m1/s1. The van der Waals surface area contributed by atoms with Crippen LogP contribution in [-0.4, -0.2) is 122 Å². The summed E-state index contributed by atoms with van der Waals surface area (Å²) in [4.78, 5) is 69.0. The van der Waals surface area contributed by atoms with E-state index >= 15 is 0 Å². The predicted molar refractivity (Wildman–Crippen MR) is 233 cm³/mol. The van der Waals surface area contributed by atoms with Crippen LogP contribution in [0.3, 0.4) is 0 Å². The molecular formula is C49H61NO14. The van der Waals surface area contributed by atoms with Gasteiger partial charge in [-0.05, 0) is 55.9 Å². The second kappa shape index (κ2) is 23.2. The minimum Gasteiger partial charge on any atom is -0.451 e. The predicted octanol–water partition coefficient (Wildman–Crippen LogP) is 5.95. The first-order valence-corrected chi connectivity index (χ1v) is 21.4. The molecule has 0 spiro atoms. The van der Waals surface area contributed by atoms with Gasteiger partial charge in [-0.25, -0.2) is 9.69 Å². The van der Waals surface area contributed by atoms with Crippen molar-refractivity contribution in [2.45, 2.75) is 122 Å². The topological polar surface area (TPSA) is 183 Å². The first-order valence-electron chi connectivity index (χ1n) is 21.4. The number of aliphatic hydroxyl groups is 1. The fourth-order valence-electron chi connectivity index (χ4n) is 8.29. The van der Waals surface area contributed by atoms with E-state index in [9.17, 15) is 29.1 Å². The smallest absolute Gasteiger partial charge is 0.417 e. The summed E-state index contributed by atoms with van der Waals surface area (Å²) in [5.74, 6) is -3.43. The second-order valence-electron chi connectivity index (χ2n) is 16.7. The van der Waals surface area contributed by atoms with Crippen molar-refractivity contribution in [2.24, 2.45) is 5.92 Å². The Morgan fingerprint density at radius 3 is 2.02 bits per heavy atom. The fourth-order valence-corrected chi connectivity index (χ4v) is 8.29. The fraction of sp³-hybridized carbons (Fsp3) is 0.490. The van der Waals surface area contributed by atoms with Crippen molar-refractivity contribution in [3.63, 3.8) is 0 Å². The van der Waals surface area contributed by atoms with E-state index in [1.54, 1.807) is 32.0 Å². The molecule has 346 valence electrons. The summed E-state index contributed by atoms with van der Waals surface area (Å²) in [6, 6.07) is 25.4. The highest BCUT2D eigenvalue weighted by Gasteiger charge is 2.55. The molecule has 0 aromatic heterocycles. The monoisotopic (exact) mass is 887 g/mol. The normalized spacial score (nSPS) is 23.1. The summed E-state index contributed by atoms with van der Waals surface area (Å²) >= 11 is 0. The third-order valence-electron chi connectivity index (χ3n) is 11.1. The number of imide groups is 1. The zero-order valence-corrected chi connectivity index (χ0v) is 37.8. The number of Topliss-reactive ketones (excluding diaryl/α,β-unsaturated/α-hetero) is 1. The van der Waals surface area contributed by atoms with Crippen LogP contribution in [0.4, 0.5) is 4.79 Å². The molecular weight excluding hydrogens is 827 g/mol. The van der Waals surface area contributed by atoms with Gasteiger partial charge >= 0.3 is 12.1 Å². The lowest BCUT2D eigenvalue weighted by atomic mass is 9.88. The zero-order chi connectivity index (χ0) is 46.6. The van der Waals surface area contributed by atoms with Gasteiger partial charge in [-0.15, -0.1) is 0 Å². The molecule has 15 heteroatoms. The minimum absolute atomic E-state index is 0.00470. The Bertz CT molecular complexity index is 2070. The van der Waals surface area contributed by atoms with Crippen molar-refractivity contribution in [1.82, 2.24) is 4.90 Å². The highest BCUT2D eigenvalue weighted by molar-refractivity contribution is 6.25. The number of aliphatic hydroxyl groups excluding tert-OH is 1. The van der Waals surface area contributed by atoms with E-state index in [2.05, 4.69) is 0 Å². The maximum absolute atomic E-state index is 14.3. The number of rotatable bonds is 22. The van der Waals surface area contributed by atoms with E-state index in [4.69, 9.17) is 37.9 Å². The van der Waals surface area contributed by atoms with Gasteiger partial charge in [-0.1, -0.05) is 104 Å². The number of nitrogens with zero attached hydrogens (tertiary/aromatic N) is 1. The van der Waals surface area contributed by atoms with Gasteiger partial charge in [-0.3, -0.25) is 19.2 Å². The average Bonchev–Trinajstić information content (AvgIpc) is 3.53. The number of aryl methyl sites for hydroxylation is 1. The number of hydrogen-bond acceptors (Lipinski definition) is 14. The SMILES string of the molecule is CO[C@H]1O[C@H](CO)[C@@H](OCc2ccccc2)[C@H](OCc2ccccc2)[C@@H]1OCCCC(=O)C(=CC(=O)[C@H](OC(C)=O)[C@@H](OC)C(=O)N1C(=O)OC(C)(C)[C@H]1C(C)C)c1cccc(C)c1. The Hall–Kier alpha value is -5.13. The van der Waals surface area contributed by atoms with E-state index in [1.165, 1.54) is 7.11 Å². The summed E-state index contributed by atoms with van der Waals surface area (Å²) in [5, 5.41) is 10.4. The highest BCUT2D eigenvalue weighted by Crippen LogP contribution is 2.36. The average molecular weight is 888 g/mol. The summed E-state index contributed by atoms with van der Waals surface area (Å²) in [6.07, 6.45) is -7.63. The number of ether oxygens (including phenoxy) is 8. The molecule has 0 unspecified atom stereocenters. The van der Waals surface area contributed by atoms with Crippen LogP contribution in [0.2, 0.25) is 0 Å². The molecule has 0 saturated carbocycles. The molecule has 2 saturated heterocycles. The summed E-state index contributed by atoms with van der Waals surface area (Å²) < 4.78 is 47.6. The van der Waals surface area contributed by atoms with Gasteiger partial charge in [0.15, 0.2) is 30.1 Å². The quantitative estimate of drug-likeness (QED) is 0.0710. The molecule has 2 fully saturated rings. The second-order valence-corrected chi connectivity index (χ2v) is 16.7. The molecule has 2 heterocycles. The lowest BCUT2D eigenvalue weighted by Gasteiger charge is -2.45. The van der Waals surface area contributed by atoms with Gasteiger partial charge in [-0.2, -0.15) is 0 Å². The van der Waals surface area contributed by atoms with Crippen molar-refractivity contribution >= 4 is 35.1 Å². The number of hydrogen-bond donors (Lipinski definition) is 1. The van der Waals surface area contributed by atoms with Gasteiger partial charge in [0.25, 0.3) is 5.91 Å². The number of carbonyl (C=O) groups is 5. The molecule has 0 aliphatic carbocycles. The summed E-state index contributed by atoms with van der Waals surface area (Å²) in [6.45, 7) is 9.94. The molecule has 3 aromatic carbocycles. The maximum Gasteiger partial charge on any atom is 0.417 e. The van der Waals surface area contributed by atoms with Crippen LogP contribution in [0.15, 0.2) is 91.0 Å². The van der Waals surface area contributed by atoms with Crippen molar-refractivity contribution in [3.8, 4) is 0 Å². The van der Waals surface area contributed by atoms with E-state index in [-0.39, 0.29) is 50.8 Å². The summed E-state index contributed by atoms with van der Waals surface area (Å²) in [7, 11) is 2.61. The molecule has 15 nitrogen and oxygen atoms in total. The number of benzene rings is 3. The Labute approximate surface area is 374 Å². The first kappa shape index (κ1) is 49.9. The van der Waals surface area contributed by atoms with Crippen LogP contribution >= 0.6 is 0 Å². The van der Waals surface area contributed by atoms with Crippen molar-refractivity contribution in [3.05, 3.63) is 113 Å². The number of cyclic esters (lactones) is 1. The van der Waals surface area contributed by atoms with Crippen LogP contribution in [0.25, 0.3) is 5.57 Å². The number of carbonyl (C=O) groups excluding carboxylic acids is 5. The molecule has 2 aliphatic heterocycles. The summed E-state index contributed by atoms with van der Waals surface area (Å²) in [5.41, 5.74) is 1.96. The third kappa shape index (κ3) is 12.6. The van der Waals surface area contributed by atoms with Crippen LogP contribution in [0, 0.1) is 12.8 Å². The first-order chi connectivity index (χ1) is 30.6. The molecule has 2 aliphatic rings. The Kier molecular flexibility index (Phi) is 18.1. The van der Waals surface area contributed by atoms with Crippen LogP contribution in [0.5, 0.6) is 0 Å². The van der Waals surface area contributed by atoms with E-state index in [0.29, 0.717) is 5.56 Å². The number of esters is 1. The number of amides is 2. The van der Waals surface area contributed by atoms with Gasteiger partial charge in [0, 0.05) is 39.7 Å². The lowest BCUT2D eigenvalue weighted by Crippen LogP contribution is -2.61. The van der Waals surface area contributed by atoms with Crippen molar-refractivity contribution in [2.75, 3.05) is 27.4 Å². The molecule has 64 heavy (non-hydrogen) atoms. The van der Waals surface area contributed by atoms with Crippen molar-refractivity contribution < 1.29 is 67.0 Å². The molecule has 1 N–H and O–H groups in total.